The summed E-state index contributed by atoms with van der Waals surface area (Å²) < 4.78 is 22.0. The molecule has 2 heterocycles. The lowest BCUT2D eigenvalue weighted by Crippen LogP contribution is -2.55. The number of primary amides is 1. The molecule has 2 rings (SSSR count). The van der Waals surface area contributed by atoms with E-state index in [0.29, 0.717) is 0 Å². The summed E-state index contributed by atoms with van der Waals surface area (Å²) in [6, 6.07) is 0. The number of esters is 3. The topological polar surface area (TPSA) is 169 Å². The van der Waals surface area contributed by atoms with Crippen molar-refractivity contribution >= 4 is 23.8 Å². The van der Waals surface area contributed by atoms with Crippen LogP contribution in [0.2, 0.25) is 0 Å². The van der Waals surface area contributed by atoms with Crippen LogP contribution in [0.25, 0.3) is 0 Å². The molecule has 27 heavy (non-hydrogen) atoms. The first-order chi connectivity index (χ1) is 12.6. The van der Waals surface area contributed by atoms with Crippen molar-refractivity contribution in [3.8, 4) is 5.88 Å². The summed E-state index contributed by atoms with van der Waals surface area (Å²) in [5, 5.41) is 10.2. The third-order valence-corrected chi connectivity index (χ3v) is 3.60. The molecule has 0 saturated carbocycles. The molecule has 0 unspecified atom stereocenters. The zero-order valence-corrected chi connectivity index (χ0v) is 14.8. The highest BCUT2D eigenvalue weighted by molar-refractivity contribution is 5.93. The van der Waals surface area contributed by atoms with Gasteiger partial charge >= 0.3 is 17.9 Å². The number of carbonyl (C=O) groups excluding carboxylic acids is 4. The van der Waals surface area contributed by atoms with Crippen LogP contribution < -0.4 is 5.73 Å². The second kappa shape index (κ2) is 8.03. The third kappa shape index (κ3) is 4.53. The lowest BCUT2D eigenvalue weighted by atomic mass is 10.0. The first kappa shape index (κ1) is 20.2. The maximum Gasteiger partial charge on any atom is 0.303 e. The first-order valence-electron chi connectivity index (χ1n) is 7.80. The summed E-state index contributed by atoms with van der Waals surface area (Å²) in [5.74, 6) is -3.74. The molecular weight excluding hydrogens is 366 g/mol. The standard InChI is InChI=1S/C15H19N3O9/c1-6(19)25-9-4-24-15(18-5-17-10(13(16)22)14(18)23)12(27-8(3)21)11(9)26-7(2)20/h5,9,11-12,15,23H,4H2,1-3H3,(H2,16,22)/t9-,11-,12-,15-/m1/s1. The van der Waals surface area contributed by atoms with E-state index in [-0.39, 0.29) is 6.61 Å². The van der Waals surface area contributed by atoms with Gasteiger partial charge in [0.05, 0.1) is 6.61 Å². The number of amides is 1. The van der Waals surface area contributed by atoms with Crippen LogP contribution in [0.3, 0.4) is 0 Å². The summed E-state index contributed by atoms with van der Waals surface area (Å²) in [6.45, 7) is 3.14. The first-order valence-corrected chi connectivity index (χ1v) is 7.80. The molecule has 0 spiro atoms. The molecule has 12 nitrogen and oxygen atoms in total. The predicted octanol–water partition coefficient (Wildman–Crippen LogP) is -0.988. The van der Waals surface area contributed by atoms with Crippen LogP contribution in [-0.4, -0.2) is 63.4 Å². The number of hydrogen-bond donors (Lipinski definition) is 2. The van der Waals surface area contributed by atoms with Crippen LogP contribution in [0.15, 0.2) is 6.33 Å². The molecule has 1 aromatic heterocycles. The monoisotopic (exact) mass is 385 g/mol. The maximum absolute atomic E-state index is 11.6. The Balaban J connectivity index is 2.44. The number of imidazole rings is 1. The molecule has 4 atom stereocenters. The van der Waals surface area contributed by atoms with Crippen LogP contribution >= 0.6 is 0 Å². The Morgan fingerprint density at radius 3 is 2.15 bits per heavy atom. The number of carbonyl (C=O) groups is 4. The smallest absolute Gasteiger partial charge is 0.303 e. The number of aromatic hydroxyl groups is 1. The lowest BCUT2D eigenvalue weighted by molar-refractivity contribution is -0.240. The minimum atomic E-state index is -1.31. The molecule has 0 aromatic carbocycles. The van der Waals surface area contributed by atoms with Gasteiger partial charge in [0.15, 0.2) is 30.2 Å². The summed E-state index contributed by atoms with van der Waals surface area (Å²) in [6.07, 6.45) is -3.79. The molecule has 1 saturated heterocycles. The molecule has 1 aromatic rings. The van der Waals surface area contributed by atoms with Crippen molar-refractivity contribution in [3.05, 3.63) is 12.0 Å². The van der Waals surface area contributed by atoms with Crippen molar-refractivity contribution in [2.45, 2.75) is 45.3 Å². The molecule has 12 heteroatoms. The van der Waals surface area contributed by atoms with Crippen molar-refractivity contribution in [1.82, 2.24) is 9.55 Å². The SMILES string of the molecule is CC(=O)O[C@@H]1[C@H](OC(C)=O)[C@H](OC(C)=O)CO[C@H]1n1cnc(C(N)=O)c1O. The summed E-state index contributed by atoms with van der Waals surface area (Å²) in [5.41, 5.74) is 4.69. The van der Waals surface area contributed by atoms with Crippen LogP contribution in [0.4, 0.5) is 0 Å². The van der Waals surface area contributed by atoms with Gasteiger partial charge in [-0.2, -0.15) is 0 Å². The van der Waals surface area contributed by atoms with E-state index in [0.717, 1.165) is 31.7 Å². The minimum Gasteiger partial charge on any atom is -0.493 e. The van der Waals surface area contributed by atoms with E-state index in [2.05, 4.69) is 4.98 Å². The fourth-order valence-corrected chi connectivity index (χ4v) is 2.68. The van der Waals surface area contributed by atoms with E-state index in [1.54, 1.807) is 0 Å². The predicted molar refractivity (Wildman–Crippen MR) is 84.1 cm³/mol. The van der Waals surface area contributed by atoms with E-state index in [9.17, 15) is 24.3 Å². The van der Waals surface area contributed by atoms with Crippen molar-refractivity contribution in [2.75, 3.05) is 6.61 Å². The van der Waals surface area contributed by atoms with E-state index in [1.165, 1.54) is 0 Å². The van der Waals surface area contributed by atoms with Gasteiger partial charge in [-0.15, -0.1) is 0 Å². The van der Waals surface area contributed by atoms with Gasteiger partial charge in [0, 0.05) is 20.8 Å². The average Bonchev–Trinajstić information content (AvgIpc) is 2.91. The highest BCUT2D eigenvalue weighted by atomic mass is 16.6. The van der Waals surface area contributed by atoms with Gasteiger partial charge in [-0.05, 0) is 0 Å². The van der Waals surface area contributed by atoms with Crippen LogP contribution in [0.1, 0.15) is 37.5 Å². The Bertz CT molecular complexity index is 760. The lowest BCUT2D eigenvalue weighted by Gasteiger charge is -2.40. The molecule has 1 aliphatic heterocycles. The van der Waals surface area contributed by atoms with E-state index in [4.69, 9.17) is 24.7 Å². The number of rotatable bonds is 5. The van der Waals surface area contributed by atoms with Crippen LogP contribution in [-0.2, 0) is 33.3 Å². The quantitative estimate of drug-likeness (QED) is 0.474. The third-order valence-electron chi connectivity index (χ3n) is 3.60. The van der Waals surface area contributed by atoms with Crippen molar-refractivity contribution in [2.24, 2.45) is 5.73 Å². The maximum atomic E-state index is 11.6. The van der Waals surface area contributed by atoms with Gasteiger partial charge in [-0.3, -0.25) is 23.7 Å². The molecule has 0 aliphatic carbocycles. The zero-order chi connectivity index (χ0) is 20.3. The van der Waals surface area contributed by atoms with Gasteiger partial charge in [0.25, 0.3) is 5.91 Å². The van der Waals surface area contributed by atoms with E-state index >= 15 is 0 Å². The van der Waals surface area contributed by atoms with Gasteiger partial charge in [0.2, 0.25) is 5.88 Å². The van der Waals surface area contributed by atoms with Gasteiger partial charge < -0.3 is 29.8 Å². The number of nitrogens with two attached hydrogens (primary N) is 1. The summed E-state index contributed by atoms with van der Waals surface area (Å²) in [7, 11) is 0. The largest absolute Gasteiger partial charge is 0.493 e. The molecule has 148 valence electrons. The number of aromatic nitrogens is 2. The summed E-state index contributed by atoms with van der Waals surface area (Å²) in [4.78, 5) is 49.4. The number of nitrogens with zero attached hydrogens (tertiary/aromatic N) is 2. The molecule has 1 fully saturated rings. The van der Waals surface area contributed by atoms with Crippen molar-refractivity contribution in [3.63, 3.8) is 0 Å². The highest BCUT2D eigenvalue weighted by Gasteiger charge is 2.48. The normalized spacial score (nSPS) is 24.7. The second-order valence-electron chi connectivity index (χ2n) is 5.71. The number of hydrogen-bond acceptors (Lipinski definition) is 10. The van der Waals surface area contributed by atoms with Crippen molar-refractivity contribution < 1.29 is 43.2 Å². The molecule has 3 N–H and O–H groups in total. The average molecular weight is 385 g/mol. The van der Waals surface area contributed by atoms with E-state index in [1.807, 2.05) is 0 Å². The van der Waals surface area contributed by atoms with Gasteiger partial charge in [-0.25, -0.2) is 4.98 Å². The van der Waals surface area contributed by atoms with E-state index < -0.39 is 59.9 Å². The molecule has 0 radical (unpaired) electrons. The summed E-state index contributed by atoms with van der Waals surface area (Å²) >= 11 is 0. The minimum absolute atomic E-state index is 0.247. The number of ether oxygens (including phenoxy) is 4. The molecular formula is C15H19N3O9. The van der Waals surface area contributed by atoms with Crippen LogP contribution in [0, 0.1) is 0 Å². The molecule has 1 amide bonds. The fourth-order valence-electron chi connectivity index (χ4n) is 2.68. The van der Waals surface area contributed by atoms with Gasteiger partial charge in [0.1, 0.15) is 6.33 Å². The molecule has 1 aliphatic rings. The Kier molecular flexibility index (Phi) is 6.00. The second-order valence-corrected chi connectivity index (χ2v) is 5.71. The van der Waals surface area contributed by atoms with Crippen molar-refractivity contribution in [1.29, 1.82) is 0 Å². The Hall–Kier alpha value is -3.15. The highest BCUT2D eigenvalue weighted by Crippen LogP contribution is 2.33. The fraction of sp³-hybridized carbons (Fsp3) is 0.533. The molecule has 0 bridgehead atoms. The Morgan fingerprint density at radius 1 is 1.11 bits per heavy atom. The zero-order valence-electron chi connectivity index (χ0n) is 14.8. The van der Waals surface area contributed by atoms with Gasteiger partial charge in [-0.1, -0.05) is 0 Å². The Morgan fingerprint density at radius 2 is 1.67 bits per heavy atom. The Labute approximate surface area is 153 Å². The van der Waals surface area contributed by atoms with Crippen LogP contribution in [0.5, 0.6) is 5.88 Å².